The minimum Gasteiger partial charge on any atom is -0.462 e. The van der Waals surface area contributed by atoms with Gasteiger partial charge in [0.25, 0.3) is 0 Å². The predicted octanol–water partition coefficient (Wildman–Crippen LogP) is 5.59. The average Bonchev–Trinajstić information content (AvgIpc) is 3.06. The smallest absolute Gasteiger partial charge is 0.306 e. The lowest BCUT2D eigenvalue weighted by Crippen LogP contribution is -2.30. The molecule has 0 spiro atoms. The molecule has 11 nitrogen and oxygen atoms in total. The first-order chi connectivity index (χ1) is 25.2. The zero-order valence-corrected chi connectivity index (χ0v) is 33.7. The molecule has 0 radical (unpaired) electrons. The van der Waals surface area contributed by atoms with Crippen molar-refractivity contribution in [2.45, 2.75) is 249 Å². The van der Waals surface area contributed by atoms with E-state index >= 15 is 0 Å². The first-order valence-corrected chi connectivity index (χ1v) is 21.5. The van der Waals surface area contributed by atoms with Crippen LogP contribution in [0.2, 0.25) is 0 Å². The topological polar surface area (TPSA) is 208 Å². The van der Waals surface area contributed by atoms with Crippen LogP contribution >= 0.6 is 0 Å². The summed E-state index contributed by atoms with van der Waals surface area (Å²) in [6.45, 7) is 6.06. The van der Waals surface area contributed by atoms with E-state index in [-0.39, 0.29) is 37.1 Å². The standard InChI is InChI=1S/C42H82O11/c1-4-5-12-31(3)41-29-39(50)24-11-23-38(49)28-40(51)27-37(48)22-10-20-35(46)18-8-16-33(44)14-6-13-32(43)15-7-17-34(45)19-9-21-36(47)25-30(2)26-42(52)53-41/h30-41,43-51H,4-29H2,1-3H3/t30?,31?,32?,33?,34?,35?,36?,37-,38-,39-,40-,41?/m0/s1. The lowest BCUT2D eigenvalue weighted by atomic mass is 9.91. The number of cyclic esters (lactones) is 1. The van der Waals surface area contributed by atoms with E-state index in [0.29, 0.717) is 128 Å². The summed E-state index contributed by atoms with van der Waals surface area (Å²) in [5.74, 6) is -0.367. The normalized spacial score (nSPS) is 36.2. The van der Waals surface area contributed by atoms with Crippen LogP contribution in [0.15, 0.2) is 0 Å². The molecular formula is C42H82O11. The molecule has 1 saturated heterocycles. The van der Waals surface area contributed by atoms with E-state index in [1.165, 1.54) is 0 Å². The number of carbonyl (C=O) groups excluding carboxylic acids is 1. The van der Waals surface area contributed by atoms with Crippen molar-refractivity contribution in [3.05, 3.63) is 0 Å². The van der Waals surface area contributed by atoms with Crippen LogP contribution in [0.4, 0.5) is 0 Å². The number of aliphatic hydroxyl groups excluding tert-OH is 9. The molecule has 9 N–H and O–H groups in total. The maximum atomic E-state index is 13.0. The van der Waals surface area contributed by atoms with Crippen LogP contribution in [-0.4, -0.2) is 113 Å². The molecule has 0 aromatic heterocycles. The first kappa shape index (κ1) is 50.1. The van der Waals surface area contributed by atoms with Gasteiger partial charge in [0.05, 0.1) is 54.9 Å². The van der Waals surface area contributed by atoms with E-state index < -0.39 is 61.0 Å². The van der Waals surface area contributed by atoms with Crippen molar-refractivity contribution in [1.82, 2.24) is 0 Å². The average molecular weight is 763 g/mol. The van der Waals surface area contributed by atoms with E-state index in [9.17, 15) is 50.8 Å². The molecule has 0 aromatic carbocycles. The summed E-state index contributed by atoms with van der Waals surface area (Å²) in [6.07, 6.45) is 8.12. The number of esters is 1. The van der Waals surface area contributed by atoms with Crippen LogP contribution in [0.5, 0.6) is 0 Å². The molecule has 12 atom stereocenters. The molecule has 1 rings (SSSR count). The second kappa shape index (κ2) is 30.3. The molecule has 1 aliphatic heterocycles. The molecule has 11 heteroatoms. The van der Waals surface area contributed by atoms with Crippen LogP contribution in [0.25, 0.3) is 0 Å². The van der Waals surface area contributed by atoms with Crippen LogP contribution < -0.4 is 0 Å². The Labute approximate surface area is 321 Å². The van der Waals surface area contributed by atoms with Gasteiger partial charge in [0.15, 0.2) is 0 Å². The Bertz CT molecular complexity index is 878. The van der Waals surface area contributed by atoms with E-state index in [2.05, 4.69) is 6.92 Å². The van der Waals surface area contributed by atoms with Crippen LogP contribution in [-0.2, 0) is 9.53 Å². The van der Waals surface area contributed by atoms with Gasteiger partial charge in [-0.1, -0.05) is 33.6 Å². The summed E-state index contributed by atoms with van der Waals surface area (Å²) < 4.78 is 5.94. The lowest BCUT2D eigenvalue weighted by molar-refractivity contribution is -0.154. The van der Waals surface area contributed by atoms with Crippen molar-refractivity contribution in [3.63, 3.8) is 0 Å². The molecule has 8 unspecified atom stereocenters. The molecule has 0 bridgehead atoms. The third-order valence-electron chi connectivity index (χ3n) is 11.2. The molecule has 0 aromatic rings. The summed E-state index contributed by atoms with van der Waals surface area (Å²) in [5, 5.41) is 94.4. The molecule has 1 aliphatic rings. The highest BCUT2D eigenvalue weighted by Crippen LogP contribution is 2.25. The minimum absolute atomic E-state index is 0.0689. The Hall–Kier alpha value is -0.890. The van der Waals surface area contributed by atoms with Gasteiger partial charge in [0, 0.05) is 12.8 Å². The minimum atomic E-state index is -0.867. The molecule has 316 valence electrons. The SMILES string of the molecule is CCCCC(C)C1C[C@@H](O)CCC[C@H](O)C[C@@H](O)C[C@@H](O)CCCC(O)CCCC(O)CCCC(O)CCCC(O)CCCC(O)CC(C)CC(=O)O1. The third kappa shape index (κ3) is 27.4. The van der Waals surface area contributed by atoms with E-state index in [4.69, 9.17) is 4.74 Å². The van der Waals surface area contributed by atoms with Crippen molar-refractivity contribution in [2.24, 2.45) is 11.8 Å². The number of unbranched alkanes of at least 4 members (excludes halogenated alkanes) is 1. The molecule has 0 amide bonds. The maximum Gasteiger partial charge on any atom is 0.306 e. The maximum absolute atomic E-state index is 13.0. The monoisotopic (exact) mass is 763 g/mol. The number of hydrogen-bond acceptors (Lipinski definition) is 11. The molecule has 0 aliphatic carbocycles. The van der Waals surface area contributed by atoms with Gasteiger partial charge in [-0.2, -0.15) is 0 Å². The van der Waals surface area contributed by atoms with Crippen LogP contribution in [0.3, 0.4) is 0 Å². The second-order valence-electron chi connectivity index (χ2n) is 16.9. The van der Waals surface area contributed by atoms with Crippen LogP contribution in [0.1, 0.15) is 188 Å². The predicted molar refractivity (Wildman–Crippen MR) is 208 cm³/mol. The molecule has 53 heavy (non-hydrogen) atoms. The van der Waals surface area contributed by atoms with Gasteiger partial charge in [-0.05, 0) is 153 Å². The van der Waals surface area contributed by atoms with Crippen molar-refractivity contribution >= 4 is 5.97 Å². The van der Waals surface area contributed by atoms with Gasteiger partial charge < -0.3 is 50.7 Å². The van der Waals surface area contributed by atoms with Gasteiger partial charge >= 0.3 is 5.97 Å². The van der Waals surface area contributed by atoms with Gasteiger partial charge in [0.1, 0.15) is 6.10 Å². The van der Waals surface area contributed by atoms with Gasteiger partial charge in [0.2, 0.25) is 0 Å². The van der Waals surface area contributed by atoms with E-state index in [0.717, 1.165) is 19.3 Å². The first-order valence-electron chi connectivity index (χ1n) is 21.5. The highest BCUT2D eigenvalue weighted by molar-refractivity contribution is 5.69. The Morgan fingerprint density at radius 1 is 0.509 bits per heavy atom. The lowest BCUT2D eigenvalue weighted by Gasteiger charge is -2.27. The fourth-order valence-electron chi connectivity index (χ4n) is 7.73. The van der Waals surface area contributed by atoms with Gasteiger partial charge in [-0.15, -0.1) is 0 Å². The summed E-state index contributed by atoms with van der Waals surface area (Å²) in [7, 11) is 0. The quantitative estimate of drug-likeness (QED) is 0.161. The number of hydrogen-bond donors (Lipinski definition) is 9. The molecule has 1 heterocycles. The number of carbonyl (C=O) groups is 1. The summed E-state index contributed by atoms with van der Waals surface area (Å²) in [4.78, 5) is 13.0. The number of aliphatic hydroxyl groups is 9. The highest BCUT2D eigenvalue weighted by Gasteiger charge is 2.26. The third-order valence-corrected chi connectivity index (χ3v) is 11.2. The number of ether oxygens (including phenoxy) is 1. The molecule has 1 fully saturated rings. The van der Waals surface area contributed by atoms with Crippen molar-refractivity contribution in [3.8, 4) is 0 Å². The zero-order chi connectivity index (χ0) is 39.6. The Morgan fingerprint density at radius 2 is 0.830 bits per heavy atom. The Morgan fingerprint density at radius 3 is 1.19 bits per heavy atom. The van der Waals surface area contributed by atoms with E-state index in [1.54, 1.807) is 0 Å². The Kier molecular flexibility index (Phi) is 28.6. The van der Waals surface area contributed by atoms with Crippen molar-refractivity contribution in [1.29, 1.82) is 0 Å². The van der Waals surface area contributed by atoms with Crippen LogP contribution in [0, 0.1) is 11.8 Å². The number of rotatable bonds is 4. The van der Waals surface area contributed by atoms with Crippen molar-refractivity contribution in [2.75, 3.05) is 0 Å². The van der Waals surface area contributed by atoms with Gasteiger partial charge in [-0.25, -0.2) is 0 Å². The fourth-order valence-corrected chi connectivity index (χ4v) is 7.73. The Balaban J connectivity index is 2.75. The molecule has 0 saturated carbocycles. The summed E-state index contributed by atoms with van der Waals surface area (Å²) in [6, 6.07) is 0. The second-order valence-corrected chi connectivity index (χ2v) is 16.9. The van der Waals surface area contributed by atoms with Crippen molar-refractivity contribution < 1.29 is 55.5 Å². The van der Waals surface area contributed by atoms with Gasteiger partial charge in [-0.3, -0.25) is 4.79 Å². The van der Waals surface area contributed by atoms with E-state index in [1.807, 2.05) is 13.8 Å². The largest absolute Gasteiger partial charge is 0.462 e. The molecular weight excluding hydrogens is 680 g/mol. The summed E-state index contributed by atoms with van der Waals surface area (Å²) >= 11 is 0. The summed E-state index contributed by atoms with van der Waals surface area (Å²) in [5.41, 5.74) is 0. The highest BCUT2D eigenvalue weighted by atomic mass is 16.5. The fraction of sp³-hybridized carbons (Fsp3) is 0.976. The zero-order valence-electron chi connectivity index (χ0n) is 33.7.